The molecule has 46 heavy (non-hydrogen) atoms. The number of hydrogen-bond donors (Lipinski definition) is 1. The van der Waals surface area contributed by atoms with Crippen LogP contribution in [0.15, 0.2) is 54.2 Å². The molecule has 2 aliphatic heterocycles. The molecule has 11 heteroatoms. The number of halogens is 2. The number of carbonyl (C=O) groups excluding carboxylic acids is 1. The second kappa shape index (κ2) is 11.0. The van der Waals surface area contributed by atoms with Gasteiger partial charge >= 0.3 is 0 Å². The highest BCUT2D eigenvalue weighted by molar-refractivity contribution is 6.39. The van der Waals surface area contributed by atoms with Crippen LogP contribution in [0.2, 0.25) is 5.02 Å². The average Bonchev–Trinajstić information content (AvgIpc) is 3.51. The summed E-state index contributed by atoms with van der Waals surface area (Å²) < 4.78 is 24.5. The lowest BCUT2D eigenvalue weighted by Gasteiger charge is -2.48. The minimum Gasteiger partial charge on any atom is -0.484 e. The average molecular weight is 641 g/mol. The van der Waals surface area contributed by atoms with Crippen molar-refractivity contribution < 1.29 is 13.9 Å². The first-order chi connectivity index (χ1) is 22.0. The van der Waals surface area contributed by atoms with Crippen LogP contribution in [0.5, 0.6) is 5.75 Å². The SMILES string of the molecule is C=CC(=O)N1CC2COc3c(c4cc(F)c(-c5c(C)ccc6[nH]cnc56)c(Cl)c4n(-c4c(C)ccnc4C(C)C)c3=O)N2CC1C. The Bertz CT molecular complexity index is 2150. The van der Waals surface area contributed by atoms with E-state index in [9.17, 15) is 9.59 Å². The highest BCUT2D eigenvalue weighted by Gasteiger charge is 2.41. The minimum absolute atomic E-state index is 0.0340. The van der Waals surface area contributed by atoms with Crippen LogP contribution in [0.25, 0.3) is 38.8 Å². The van der Waals surface area contributed by atoms with Gasteiger partial charge in [0.2, 0.25) is 11.7 Å². The van der Waals surface area contributed by atoms with Crippen LogP contribution in [0.1, 0.15) is 43.5 Å². The maximum Gasteiger partial charge on any atom is 0.300 e. The van der Waals surface area contributed by atoms with Crippen molar-refractivity contribution in [2.75, 3.05) is 24.6 Å². The van der Waals surface area contributed by atoms with E-state index in [1.54, 1.807) is 22.0 Å². The summed E-state index contributed by atoms with van der Waals surface area (Å²) >= 11 is 7.38. The summed E-state index contributed by atoms with van der Waals surface area (Å²) in [6.45, 7) is 14.4. The zero-order valence-corrected chi connectivity index (χ0v) is 27.1. The fourth-order valence-corrected chi connectivity index (χ4v) is 7.43. The third-order valence-electron chi connectivity index (χ3n) is 9.26. The molecule has 2 aromatic carbocycles. The maximum absolute atomic E-state index is 16.7. The molecule has 1 N–H and O–H groups in total. The molecule has 2 unspecified atom stereocenters. The summed E-state index contributed by atoms with van der Waals surface area (Å²) in [6.07, 6.45) is 4.59. The van der Waals surface area contributed by atoms with Gasteiger partial charge in [-0.2, -0.15) is 0 Å². The second-order valence-corrected chi connectivity index (χ2v) is 12.9. The van der Waals surface area contributed by atoms with Crippen molar-refractivity contribution in [2.45, 2.75) is 52.6 Å². The third kappa shape index (κ3) is 4.34. The molecule has 5 aromatic rings. The van der Waals surface area contributed by atoms with Crippen LogP contribution in [-0.2, 0) is 4.79 Å². The van der Waals surface area contributed by atoms with E-state index in [-0.39, 0.29) is 46.9 Å². The molecular formula is C35H34ClFN6O3. The van der Waals surface area contributed by atoms with Gasteiger partial charge in [-0.15, -0.1) is 0 Å². The highest BCUT2D eigenvalue weighted by Crippen LogP contribution is 2.47. The normalized spacial score (nSPS) is 17.7. The number of piperazine rings is 1. The number of aromatic amines is 1. The number of aryl methyl sites for hydroxylation is 2. The summed E-state index contributed by atoms with van der Waals surface area (Å²) in [5.41, 5.74) is 5.33. The van der Waals surface area contributed by atoms with Gasteiger partial charge in [-0.25, -0.2) is 9.37 Å². The zero-order valence-electron chi connectivity index (χ0n) is 26.3. The smallest absolute Gasteiger partial charge is 0.300 e. The van der Waals surface area contributed by atoms with Gasteiger partial charge in [0.1, 0.15) is 12.4 Å². The Morgan fingerprint density at radius 1 is 1.15 bits per heavy atom. The summed E-state index contributed by atoms with van der Waals surface area (Å²) in [5, 5.41) is 0.521. The summed E-state index contributed by atoms with van der Waals surface area (Å²) in [4.78, 5) is 43.5. The fraction of sp³-hybridized carbons (Fsp3) is 0.314. The zero-order chi connectivity index (χ0) is 32.6. The first-order valence-electron chi connectivity index (χ1n) is 15.4. The molecule has 5 heterocycles. The maximum atomic E-state index is 16.7. The van der Waals surface area contributed by atoms with E-state index in [1.165, 1.54) is 12.1 Å². The Kier molecular flexibility index (Phi) is 7.15. The van der Waals surface area contributed by atoms with Crippen LogP contribution >= 0.6 is 11.6 Å². The lowest BCUT2D eigenvalue weighted by molar-refractivity contribution is -0.129. The number of nitrogens with zero attached hydrogens (tertiary/aromatic N) is 5. The Hall–Kier alpha value is -4.70. The van der Waals surface area contributed by atoms with Crippen LogP contribution < -0.4 is 15.2 Å². The number of hydrogen-bond acceptors (Lipinski definition) is 6. The monoisotopic (exact) mass is 640 g/mol. The molecule has 0 saturated carbocycles. The number of ether oxygens (including phenoxy) is 1. The summed E-state index contributed by atoms with van der Waals surface area (Å²) in [5.74, 6) is -0.640. The van der Waals surface area contributed by atoms with E-state index < -0.39 is 11.4 Å². The molecule has 1 fully saturated rings. The van der Waals surface area contributed by atoms with Gasteiger partial charge in [0.05, 0.1) is 51.0 Å². The summed E-state index contributed by atoms with van der Waals surface area (Å²) in [7, 11) is 0. The molecule has 2 aliphatic rings. The minimum atomic E-state index is -0.550. The standard InChI is InChI=1S/C35H34ClFN6O3/c1-7-25(44)41-14-21-15-46-34-33(42(21)13-20(41)6)22-12-23(37)27(26-18(4)8-9-24-30(26)40-16-39-24)28(36)32(22)43(35(34)45)31-19(5)10-11-38-29(31)17(2)3/h7-12,16-17,20-21H,1,13-15H2,2-6H3,(H,39,40). The number of pyridine rings is 2. The Balaban J connectivity index is 1.61. The number of benzene rings is 2. The van der Waals surface area contributed by atoms with Gasteiger partial charge in [-0.1, -0.05) is 38.1 Å². The number of anilines is 1. The molecular weight excluding hydrogens is 607 g/mol. The van der Waals surface area contributed by atoms with Gasteiger partial charge < -0.3 is 19.5 Å². The number of nitrogens with one attached hydrogen (secondary N) is 1. The van der Waals surface area contributed by atoms with E-state index in [0.717, 1.165) is 16.6 Å². The topological polar surface area (TPSA) is 96.3 Å². The lowest BCUT2D eigenvalue weighted by Crippen LogP contribution is -2.62. The van der Waals surface area contributed by atoms with E-state index in [0.29, 0.717) is 52.1 Å². The van der Waals surface area contributed by atoms with Crippen molar-refractivity contribution >= 4 is 45.1 Å². The quantitative estimate of drug-likeness (QED) is 0.227. The number of aromatic nitrogens is 4. The Labute approximate surface area is 270 Å². The van der Waals surface area contributed by atoms with Crippen molar-refractivity contribution in [2.24, 2.45) is 0 Å². The first kappa shape index (κ1) is 30.0. The van der Waals surface area contributed by atoms with Gasteiger partial charge in [-0.3, -0.25) is 19.1 Å². The number of fused-ring (bicyclic) bond motifs is 6. The number of rotatable bonds is 4. The highest BCUT2D eigenvalue weighted by atomic mass is 35.5. The molecule has 236 valence electrons. The van der Waals surface area contributed by atoms with Gasteiger partial charge in [-0.05, 0) is 62.1 Å². The van der Waals surface area contributed by atoms with Crippen LogP contribution in [0, 0.1) is 19.7 Å². The van der Waals surface area contributed by atoms with E-state index >= 15 is 4.39 Å². The van der Waals surface area contributed by atoms with E-state index in [2.05, 4.69) is 26.4 Å². The Morgan fingerprint density at radius 2 is 1.93 bits per heavy atom. The van der Waals surface area contributed by atoms with Crippen molar-refractivity contribution in [1.82, 2.24) is 24.4 Å². The van der Waals surface area contributed by atoms with Crippen molar-refractivity contribution in [3.8, 4) is 22.6 Å². The molecule has 7 rings (SSSR count). The predicted octanol–water partition coefficient (Wildman–Crippen LogP) is 6.45. The van der Waals surface area contributed by atoms with Crippen LogP contribution in [-0.4, -0.2) is 62.1 Å². The Morgan fingerprint density at radius 3 is 2.67 bits per heavy atom. The van der Waals surface area contributed by atoms with E-state index in [4.69, 9.17) is 16.3 Å². The molecule has 0 bridgehead atoms. The number of amides is 1. The van der Waals surface area contributed by atoms with Crippen molar-refractivity contribution in [3.63, 3.8) is 0 Å². The number of imidazole rings is 1. The first-order valence-corrected chi connectivity index (χ1v) is 15.7. The molecule has 0 aliphatic carbocycles. The molecule has 2 atom stereocenters. The molecule has 9 nitrogen and oxygen atoms in total. The third-order valence-corrected chi connectivity index (χ3v) is 9.63. The van der Waals surface area contributed by atoms with Crippen LogP contribution in [0.3, 0.4) is 0 Å². The van der Waals surface area contributed by atoms with Crippen molar-refractivity contribution in [1.29, 1.82) is 0 Å². The van der Waals surface area contributed by atoms with Crippen LogP contribution in [0.4, 0.5) is 10.1 Å². The van der Waals surface area contributed by atoms with E-state index in [1.807, 2.05) is 52.8 Å². The number of carbonyl (C=O) groups is 1. The molecule has 1 saturated heterocycles. The van der Waals surface area contributed by atoms with Gasteiger partial charge in [0.25, 0.3) is 5.56 Å². The second-order valence-electron chi connectivity index (χ2n) is 12.5. The molecule has 0 spiro atoms. The molecule has 0 radical (unpaired) electrons. The lowest BCUT2D eigenvalue weighted by atomic mass is 9.95. The summed E-state index contributed by atoms with van der Waals surface area (Å²) in [6, 6.07) is 6.62. The van der Waals surface area contributed by atoms with Gasteiger partial charge in [0, 0.05) is 41.8 Å². The largest absolute Gasteiger partial charge is 0.484 e. The molecule has 3 aromatic heterocycles. The predicted molar refractivity (Wildman–Crippen MR) is 179 cm³/mol. The molecule has 1 amide bonds. The van der Waals surface area contributed by atoms with Crippen molar-refractivity contribution in [3.05, 3.63) is 87.5 Å². The number of H-pyrrole nitrogens is 1. The fourth-order valence-electron chi connectivity index (χ4n) is 7.06. The van der Waals surface area contributed by atoms with Gasteiger partial charge in [0.15, 0.2) is 0 Å².